The van der Waals surface area contributed by atoms with Gasteiger partial charge in [0, 0.05) is 55.6 Å². The smallest absolute Gasteiger partial charge is 0.246 e. The molecule has 40 heavy (non-hydrogen) atoms. The summed E-state index contributed by atoms with van der Waals surface area (Å²) in [5.41, 5.74) is 2.45. The Morgan fingerprint density at radius 1 is 1.10 bits per heavy atom. The van der Waals surface area contributed by atoms with Gasteiger partial charge in [0.2, 0.25) is 15.8 Å². The predicted molar refractivity (Wildman–Crippen MR) is 145 cm³/mol. The van der Waals surface area contributed by atoms with Gasteiger partial charge in [0.25, 0.3) is 0 Å². The first-order valence-corrected chi connectivity index (χ1v) is 13.8. The second kappa shape index (κ2) is 9.66. The molecule has 0 radical (unpaired) electrons. The summed E-state index contributed by atoms with van der Waals surface area (Å²) >= 11 is 0. The van der Waals surface area contributed by atoms with E-state index in [0.29, 0.717) is 40.9 Å². The van der Waals surface area contributed by atoms with E-state index in [1.165, 1.54) is 17.5 Å². The molecule has 2 aliphatic rings. The zero-order chi connectivity index (χ0) is 28.2. The molecule has 0 amide bonds. The van der Waals surface area contributed by atoms with Gasteiger partial charge in [-0.1, -0.05) is 6.07 Å². The van der Waals surface area contributed by atoms with Crippen LogP contribution in [0.3, 0.4) is 0 Å². The molecule has 0 atom stereocenters. The molecule has 1 saturated heterocycles. The van der Waals surface area contributed by atoms with E-state index in [1.54, 1.807) is 54.3 Å². The van der Waals surface area contributed by atoms with Crippen LogP contribution in [0, 0.1) is 0 Å². The topological polar surface area (TPSA) is 140 Å². The maximum atomic E-state index is 13.6. The molecule has 2 aromatic heterocycles. The number of allylic oxidation sites excluding steroid dienone is 1. The SMILES string of the molecule is COc1ccc(-c2ccnc3c2c(C=C2Oc4cc(O)cc(O)c4C2=O)cn3C)cc1S(=O)(=O)N1CCOCC1. The van der Waals surface area contributed by atoms with Crippen LogP contribution in [0.2, 0.25) is 0 Å². The molecule has 2 N–H and O–H groups in total. The van der Waals surface area contributed by atoms with Gasteiger partial charge in [0.15, 0.2) is 5.76 Å². The number of Topliss-reactive ketones (excluding diaryl/α,β-unsaturated/α-hetero) is 1. The number of fused-ring (bicyclic) bond motifs is 2. The number of hydrogen-bond acceptors (Lipinski definition) is 9. The zero-order valence-electron chi connectivity index (χ0n) is 21.6. The molecule has 0 saturated carbocycles. The van der Waals surface area contributed by atoms with Crippen LogP contribution in [-0.4, -0.2) is 71.7 Å². The highest BCUT2D eigenvalue weighted by Gasteiger charge is 2.32. The zero-order valence-corrected chi connectivity index (χ0v) is 22.4. The number of benzene rings is 2. The number of sulfonamides is 1. The normalized spacial score (nSPS) is 16.9. The number of hydrogen-bond donors (Lipinski definition) is 2. The van der Waals surface area contributed by atoms with Crippen LogP contribution in [0.15, 0.2) is 59.4 Å². The van der Waals surface area contributed by atoms with Gasteiger partial charge in [-0.15, -0.1) is 0 Å². The number of morpholine rings is 1. The molecule has 0 unspecified atom stereocenters. The number of aryl methyl sites for hydroxylation is 1. The van der Waals surface area contributed by atoms with E-state index >= 15 is 0 Å². The summed E-state index contributed by atoms with van der Waals surface area (Å²) in [5.74, 6) is -0.899. The number of carbonyl (C=O) groups excluding carboxylic acids is 1. The number of methoxy groups -OCH3 is 1. The average molecular weight is 564 g/mol. The number of ether oxygens (including phenoxy) is 3. The summed E-state index contributed by atoms with van der Waals surface area (Å²) in [7, 11) is -0.642. The Morgan fingerprint density at radius 3 is 2.62 bits per heavy atom. The Labute approximate surface area is 229 Å². The number of rotatable bonds is 5. The largest absolute Gasteiger partial charge is 0.508 e. The van der Waals surface area contributed by atoms with Crippen LogP contribution in [0.4, 0.5) is 0 Å². The molecule has 0 spiro atoms. The Balaban J connectivity index is 1.49. The monoisotopic (exact) mass is 563 g/mol. The van der Waals surface area contributed by atoms with Crippen LogP contribution in [0.25, 0.3) is 28.2 Å². The van der Waals surface area contributed by atoms with Crippen LogP contribution in [-0.2, 0) is 21.8 Å². The summed E-state index contributed by atoms with van der Waals surface area (Å²) < 4.78 is 46.8. The third-order valence-corrected chi connectivity index (χ3v) is 8.89. The summed E-state index contributed by atoms with van der Waals surface area (Å²) in [6, 6.07) is 9.07. The minimum absolute atomic E-state index is 0.0317. The fraction of sp³-hybridized carbons (Fsp3) is 0.214. The number of phenols is 2. The van der Waals surface area contributed by atoms with Gasteiger partial charge < -0.3 is 29.0 Å². The van der Waals surface area contributed by atoms with Crippen molar-refractivity contribution in [2.45, 2.75) is 4.90 Å². The van der Waals surface area contributed by atoms with Gasteiger partial charge in [-0.05, 0) is 35.4 Å². The van der Waals surface area contributed by atoms with Crippen molar-refractivity contribution in [2.24, 2.45) is 7.05 Å². The number of nitrogens with zero attached hydrogens (tertiary/aromatic N) is 3. The highest BCUT2D eigenvalue weighted by Crippen LogP contribution is 2.42. The quantitative estimate of drug-likeness (QED) is 0.350. The van der Waals surface area contributed by atoms with Crippen LogP contribution >= 0.6 is 0 Å². The molecule has 0 aliphatic carbocycles. The first-order chi connectivity index (χ1) is 19.2. The van der Waals surface area contributed by atoms with Crippen LogP contribution in [0.5, 0.6) is 23.0 Å². The molecule has 6 rings (SSSR count). The Morgan fingerprint density at radius 2 is 1.88 bits per heavy atom. The molecule has 0 bridgehead atoms. The summed E-state index contributed by atoms with van der Waals surface area (Å²) in [5, 5.41) is 20.7. The second-order valence-corrected chi connectivity index (χ2v) is 11.3. The standard InChI is InChI=1S/C28H25N3O8S/c1-30-15-17(11-23-27(34)26-20(33)13-18(32)14-22(26)39-23)25-19(5-6-29-28(25)30)16-3-4-21(37-2)24(12-16)40(35,36)31-7-9-38-10-8-31/h3-6,11-15,32-33H,7-10H2,1-2H3. The molecule has 2 aromatic carbocycles. The summed E-state index contributed by atoms with van der Waals surface area (Å²) in [4.78, 5) is 17.6. The third kappa shape index (κ3) is 4.17. The van der Waals surface area contributed by atoms with Crippen molar-refractivity contribution >= 4 is 32.9 Å². The van der Waals surface area contributed by atoms with Crippen molar-refractivity contribution in [3.8, 4) is 34.1 Å². The predicted octanol–water partition coefficient (Wildman–Crippen LogP) is 3.30. The third-order valence-electron chi connectivity index (χ3n) is 6.97. The number of ketones is 1. The second-order valence-electron chi connectivity index (χ2n) is 9.41. The highest BCUT2D eigenvalue weighted by molar-refractivity contribution is 7.89. The fourth-order valence-electron chi connectivity index (χ4n) is 5.08. The van der Waals surface area contributed by atoms with Gasteiger partial charge in [0.05, 0.1) is 20.3 Å². The van der Waals surface area contributed by atoms with E-state index in [2.05, 4.69) is 4.98 Å². The first-order valence-electron chi connectivity index (χ1n) is 12.4. The van der Waals surface area contributed by atoms with E-state index in [0.717, 1.165) is 6.07 Å². The fourth-order valence-corrected chi connectivity index (χ4v) is 6.67. The van der Waals surface area contributed by atoms with Crippen molar-refractivity contribution in [1.29, 1.82) is 0 Å². The van der Waals surface area contributed by atoms with Crippen LogP contribution in [0.1, 0.15) is 15.9 Å². The maximum absolute atomic E-state index is 13.6. The Kier molecular flexibility index (Phi) is 6.25. The van der Waals surface area contributed by atoms with Crippen molar-refractivity contribution in [1.82, 2.24) is 13.9 Å². The van der Waals surface area contributed by atoms with E-state index in [9.17, 15) is 23.4 Å². The lowest BCUT2D eigenvalue weighted by Crippen LogP contribution is -2.40. The first kappa shape index (κ1) is 25.9. The van der Waals surface area contributed by atoms with Gasteiger partial charge >= 0.3 is 0 Å². The number of pyridine rings is 1. The minimum Gasteiger partial charge on any atom is -0.508 e. The lowest BCUT2D eigenvalue weighted by Gasteiger charge is -2.27. The molecular formula is C28H25N3O8S. The highest BCUT2D eigenvalue weighted by atomic mass is 32.2. The molecule has 11 nitrogen and oxygen atoms in total. The Hall–Kier alpha value is -4.39. The number of aromatic hydroxyl groups is 2. The van der Waals surface area contributed by atoms with E-state index in [1.807, 2.05) is 0 Å². The lowest BCUT2D eigenvalue weighted by molar-refractivity contribution is 0.0729. The minimum atomic E-state index is -3.87. The molecular weight excluding hydrogens is 538 g/mol. The molecule has 4 aromatic rings. The van der Waals surface area contributed by atoms with Gasteiger partial charge in [0.1, 0.15) is 39.1 Å². The van der Waals surface area contributed by atoms with Gasteiger partial charge in [-0.3, -0.25) is 4.79 Å². The summed E-state index contributed by atoms with van der Waals surface area (Å²) in [6.45, 7) is 1.12. The lowest BCUT2D eigenvalue weighted by atomic mass is 10.0. The molecule has 206 valence electrons. The molecule has 4 heterocycles. The summed E-state index contributed by atoms with van der Waals surface area (Å²) in [6.07, 6.45) is 4.95. The maximum Gasteiger partial charge on any atom is 0.246 e. The number of phenolic OH excluding ortho intramolecular Hbond substituents is 2. The van der Waals surface area contributed by atoms with Crippen molar-refractivity contribution < 1.29 is 37.6 Å². The van der Waals surface area contributed by atoms with Gasteiger partial charge in [-0.25, -0.2) is 13.4 Å². The number of aromatic nitrogens is 2. The van der Waals surface area contributed by atoms with E-state index in [-0.39, 0.29) is 52.3 Å². The van der Waals surface area contributed by atoms with Crippen molar-refractivity contribution in [3.63, 3.8) is 0 Å². The average Bonchev–Trinajstić information content (AvgIpc) is 3.44. The molecule has 1 fully saturated rings. The number of carbonyl (C=O) groups is 1. The van der Waals surface area contributed by atoms with Crippen molar-refractivity contribution in [3.05, 3.63) is 65.7 Å². The van der Waals surface area contributed by atoms with E-state index < -0.39 is 15.8 Å². The Bertz CT molecular complexity index is 1820. The van der Waals surface area contributed by atoms with E-state index in [4.69, 9.17) is 14.2 Å². The van der Waals surface area contributed by atoms with Crippen molar-refractivity contribution in [2.75, 3.05) is 33.4 Å². The van der Waals surface area contributed by atoms with Crippen LogP contribution < -0.4 is 9.47 Å². The van der Waals surface area contributed by atoms with Gasteiger partial charge in [-0.2, -0.15) is 4.31 Å². The molecule has 12 heteroatoms. The molecule has 2 aliphatic heterocycles.